The van der Waals surface area contributed by atoms with Gasteiger partial charge in [-0.25, -0.2) is 4.98 Å². The Morgan fingerprint density at radius 1 is 1.75 bits per heavy atom. The van der Waals surface area contributed by atoms with Crippen LogP contribution >= 0.6 is 0 Å². The van der Waals surface area contributed by atoms with E-state index >= 15 is 0 Å². The average Bonchev–Trinajstić information content (AvgIpc) is 2.48. The lowest BCUT2D eigenvalue weighted by Crippen LogP contribution is -1.94. The lowest BCUT2D eigenvalue weighted by atomic mass is 10.2. The van der Waals surface area contributed by atoms with Crippen molar-refractivity contribution >= 4 is 0 Å². The Morgan fingerprint density at radius 2 is 2.50 bits per heavy atom. The van der Waals surface area contributed by atoms with Crippen molar-refractivity contribution in [2.24, 2.45) is 0 Å². The van der Waals surface area contributed by atoms with Gasteiger partial charge in [-0.15, -0.1) is 6.58 Å². The van der Waals surface area contributed by atoms with E-state index in [0.29, 0.717) is 0 Å². The number of rotatable bonds is 4. The zero-order valence-corrected chi connectivity index (χ0v) is 7.32. The van der Waals surface area contributed by atoms with Crippen molar-refractivity contribution in [2.45, 2.75) is 26.5 Å². The second kappa shape index (κ2) is 4.07. The molecule has 0 radical (unpaired) electrons. The van der Waals surface area contributed by atoms with Crippen LogP contribution in [-0.2, 0) is 13.2 Å². The number of aliphatic hydroxyl groups is 1. The molecule has 0 atom stereocenters. The van der Waals surface area contributed by atoms with Crippen LogP contribution in [-0.4, -0.2) is 14.7 Å². The normalized spacial score (nSPS) is 10.2. The molecular weight excluding hydrogens is 152 g/mol. The summed E-state index contributed by atoms with van der Waals surface area (Å²) in [6, 6.07) is 0. The molecule has 0 aromatic carbocycles. The second-order valence-corrected chi connectivity index (χ2v) is 2.97. The van der Waals surface area contributed by atoms with Crippen molar-refractivity contribution in [1.29, 1.82) is 0 Å². The lowest BCUT2D eigenvalue weighted by molar-refractivity contribution is 0.277. The number of aryl methyl sites for hydroxylation is 1. The molecule has 1 heterocycles. The number of hydrogen-bond donors (Lipinski definition) is 1. The molecule has 0 bridgehead atoms. The van der Waals surface area contributed by atoms with Gasteiger partial charge in [-0.3, -0.25) is 0 Å². The molecule has 0 aliphatic heterocycles. The zero-order chi connectivity index (χ0) is 8.97. The summed E-state index contributed by atoms with van der Waals surface area (Å²) in [5, 5.41) is 8.73. The maximum atomic E-state index is 8.73. The minimum Gasteiger partial charge on any atom is -0.390 e. The van der Waals surface area contributed by atoms with Gasteiger partial charge in [0.15, 0.2) is 0 Å². The van der Waals surface area contributed by atoms with Gasteiger partial charge in [-0.05, 0) is 13.3 Å². The van der Waals surface area contributed by atoms with Crippen molar-refractivity contribution in [3.8, 4) is 0 Å². The molecule has 0 aliphatic rings. The van der Waals surface area contributed by atoms with E-state index in [1.165, 1.54) is 0 Å². The largest absolute Gasteiger partial charge is 0.390 e. The predicted molar refractivity (Wildman–Crippen MR) is 47.6 cm³/mol. The van der Waals surface area contributed by atoms with Gasteiger partial charge in [0.05, 0.1) is 18.6 Å². The van der Waals surface area contributed by atoms with Gasteiger partial charge in [0.25, 0.3) is 0 Å². The van der Waals surface area contributed by atoms with E-state index in [9.17, 15) is 0 Å². The quantitative estimate of drug-likeness (QED) is 0.685. The molecule has 12 heavy (non-hydrogen) atoms. The summed E-state index contributed by atoms with van der Waals surface area (Å²) >= 11 is 0. The van der Waals surface area contributed by atoms with E-state index in [0.717, 1.165) is 24.2 Å². The minimum absolute atomic E-state index is 0.0140. The minimum atomic E-state index is 0.0140. The topological polar surface area (TPSA) is 38.0 Å². The molecule has 1 rings (SSSR count). The van der Waals surface area contributed by atoms with Crippen LogP contribution in [0.3, 0.4) is 0 Å². The molecular formula is C9H14N2O. The highest BCUT2D eigenvalue weighted by Crippen LogP contribution is 2.01. The molecule has 0 aliphatic carbocycles. The van der Waals surface area contributed by atoms with Crippen LogP contribution < -0.4 is 0 Å². The third-order valence-electron chi connectivity index (χ3n) is 1.65. The van der Waals surface area contributed by atoms with Crippen LogP contribution in [0.1, 0.15) is 19.0 Å². The SMILES string of the molecule is C=C(C)CCn1cnc(CO)c1. The third-order valence-corrected chi connectivity index (χ3v) is 1.65. The number of hydrogen-bond acceptors (Lipinski definition) is 2. The Morgan fingerprint density at radius 3 is 3.00 bits per heavy atom. The van der Waals surface area contributed by atoms with Crippen LogP contribution in [0.2, 0.25) is 0 Å². The molecule has 0 unspecified atom stereocenters. The highest BCUT2D eigenvalue weighted by molar-refractivity contribution is 4.95. The summed E-state index contributed by atoms with van der Waals surface area (Å²) in [4.78, 5) is 4.00. The molecule has 3 nitrogen and oxygen atoms in total. The van der Waals surface area contributed by atoms with Crippen LogP contribution in [0.15, 0.2) is 24.7 Å². The van der Waals surface area contributed by atoms with Gasteiger partial charge in [0.2, 0.25) is 0 Å². The zero-order valence-electron chi connectivity index (χ0n) is 7.32. The summed E-state index contributed by atoms with van der Waals surface area (Å²) < 4.78 is 1.96. The van der Waals surface area contributed by atoms with Crippen LogP contribution in [0.5, 0.6) is 0 Å². The first kappa shape index (κ1) is 9.00. The number of aliphatic hydroxyl groups excluding tert-OH is 1. The summed E-state index contributed by atoms with van der Waals surface area (Å²) in [5.41, 5.74) is 1.88. The molecule has 0 spiro atoms. The van der Waals surface area contributed by atoms with Crippen molar-refractivity contribution in [3.63, 3.8) is 0 Å². The summed E-state index contributed by atoms with van der Waals surface area (Å²) in [6.07, 6.45) is 4.54. The number of aromatic nitrogens is 2. The van der Waals surface area contributed by atoms with Crippen molar-refractivity contribution < 1.29 is 5.11 Å². The molecule has 1 aromatic rings. The first-order valence-corrected chi connectivity index (χ1v) is 3.98. The van der Waals surface area contributed by atoms with Crippen LogP contribution in [0.25, 0.3) is 0 Å². The fourth-order valence-corrected chi connectivity index (χ4v) is 0.930. The van der Waals surface area contributed by atoms with Gasteiger partial charge >= 0.3 is 0 Å². The predicted octanol–water partition coefficient (Wildman–Crippen LogP) is 1.34. The molecule has 1 aromatic heterocycles. The summed E-state index contributed by atoms with van der Waals surface area (Å²) in [7, 11) is 0. The van der Waals surface area contributed by atoms with Crippen molar-refractivity contribution in [1.82, 2.24) is 9.55 Å². The molecule has 66 valence electrons. The Hall–Kier alpha value is -1.09. The smallest absolute Gasteiger partial charge is 0.0950 e. The average molecular weight is 166 g/mol. The number of nitrogens with zero attached hydrogens (tertiary/aromatic N) is 2. The molecule has 0 amide bonds. The van der Waals surface area contributed by atoms with Crippen LogP contribution in [0, 0.1) is 0 Å². The van der Waals surface area contributed by atoms with Gasteiger partial charge in [0.1, 0.15) is 0 Å². The first-order valence-electron chi connectivity index (χ1n) is 3.98. The van der Waals surface area contributed by atoms with Gasteiger partial charge in [0, 0.05) is 12.7 Å². The Labute approximate surface area is 72.4 Å². The second-order valence-electron chi connectivity index (χ2n) is 2.97. The van der Waals surface area contributed by atoms with E-state index in [4.69, 9.17) is 5.11 Å². The van der Waals surface area contributed by atoms with Crippen molar-refractivity contribution in [3.05, 3.63) is 30.4 Å². The molecule has 0 saturated heterocycles. The molecule has 1 N–H and O–H groups in total. The van der Waals surface area contributed by atoms with E-state index in [-0.39, 0.29) is 6.61 Å². The molecule has 0 saturated carbocycles. The van der Waals surface area contributed by atoms with Gasteiger partial charge in [-0.2, -0.15) is 0 Å². The maximum Gasteiger partial charge on any atom is 0.0950 e. The van der Waals surface area contributed by atoms with E-state index in [1.54, 1.807) is 6.33 Å². The Bertz CT molecular complexity index is 265. The van der Waals surface area contributed by atoms with E-state index < -0.39 is 0 Å². The van der Waals surface area contributed by atoms with Gasteiger partial charge in [-0.1, -0.05) is 5.57 Å². The fourth-order valence-electron chi connectivity index (χ4n) is 0.930. The van der Waals surface area contributed by atoms with E-state index in [1.807, 2.05) is 17.7 Å². The van der Waals surface area contributed by atoms with E-state index in [2.05, 4.69) is 11.6 Å². The van der Waals surface area contributed by atoms with Crippen molar-refractivity contribution in [2.75, 3.05) is 0 Å². The highest BCUT2D eigenvalue weighted by atomic mass is 16.3. The summed E-state index contributed by atoms with van der Waals surface area (Å²) in [6.45, 7) is 6.72. The monoisotopic (exact) mass is 166 g/mol. The molecule has 3 heteroatoms. The molecule has 0 fully saturated rings. The Kier molecular flexibility index (Phi) is 3.05. The number of imidazole rings is 1. The Balaban J connectivity index is 2.47. The first-order chi connectivity index (χ1) is 5.72. The maximum absolute atomic E-state index is 8.73. The lowest BCUT2D eigenvalue weighted by Gasteiger charge is -1.99. The third kappa shape index (κ3) is 2.51. The summed E-state index contributed by atoms with van der Waals surface area (Å²) in [5.74, 6) is 0. The highest BCUT2D eigenvalue weighted by Gasteiger charge is 1.95. The number of allylic oxidation sites excluding steroid dienone is 1. The standard InChI is InChI=1S/C9H14N2O/c1-8(2)3-4-11-5-9(6-12)10-7-11/h5,7,12H,1,3-4,6H2,2H3. The van der Waals surface area contributed by atoms with Gasteiger partial charge < -0.3 is 9.67 Å². The fraction of sp³-hybridized carbons (Fsp3) is 0.444. The van der Waals surface area contributed by atoms with Crippen LogP contribution in [0.4, 0.5) is 0 Å².